The third-order valence-electron chi connectivity index (χ3n) is 2.56. The number of aromatic nitrogens is 1. The molecule has 0 aliphatic carbocycles. The first-order valence-electron chi connectivity index (χ1n) is 4.85. The van der Waals surface area contributed by atoms with E-state index in [0.29, 0.717) is 6.42 Å². The molecule has 0 amide bonds. The van der Waals surface area contributed by atoms with Crippen molar-refractivity contribution < 1.29 is 9.90 Å². The van der Waals surface area contributed by atoms with E-state index in [-0.39, 0.29) is 0 Å². The van der Waals surface area contributed by atoms with Gasteiger partial charge in [-0.3, -0.25) is 9.78 Å². The first-order chi connectivity index (χ1) is 7.00. The number of rotatable bonds is 4. The summed E-state index contributed by atoms with van der Waals surface area (Å²) in [5.41, 5.74) is -0.0999. The summed E-state index contributed by atoms with van der Waals surface area (Å²) >= 11 is 3.30. The minimum absolute atomic E-state index is 0.612. The Labute approximate surface area is 97.7 Å². The lowest BCUT2D eigenvalue weighted by molar-refractivity contribution is -0.143. The SMILES string of the molecule is CCCC(C)(C(=O)O)c1cncc(Br)c1. The highest BCUT2D eigenvalue weighted by molar-refractivity contribution is 9.10. The van der Waals surface area contributed by atoms with Crippen LogP contribution >= 0.6 is 15.9 Å². The highest BCUT2D eigenvalue weighted by Gasteiger charge is 2.34. The fourth-order valence-corrected chi connectivity index (χ4v) is 1.95. The van der Waals surface area contributed by atoms with E-state index in [2.05, 4.69) is 20.9 Å². The highest BCUT2D eigenvalue weighted by atomic mass is 79.9. The summed E-state index contributed by atoms with van der Waals surface area (Å²) in [7, 11) is 0. The van der Waals surface area contributed by atoms with Crippen LogP contribution in [-0.2, 0) is 10.2 Å². The van der Waals surface area contributed by atoms with Gasteiger partial charge in [-0.2, -0.15) is 0 Å². The van der Waals surface area contributed by atoms with Gasteiger partial charge in [0.25, 0.3) is 0 Å². The molecule has 1 unspecified atom stereocenters. The van der Waals surface area contributed by atoms with E-state index in [0.717, 1.165) is 16.5 Å². The lowest BCUT2D eigenvalue weighted by atomic mass is 9.79. The van der Waals surface area contributed by atoms with E-state index in [1.165, 1.54) is 0 Å². The van der Waals surface area contributed by atoms with Gasteiger partial charge in [-0.25, -0.2) is 0 Å². The van der Waals surface area contributed by atoms with Crippen LogP contribution in [0, 0.1) is 0 Å². The van der Waals surface area contributed by atoms with E-state index in [1.54, 1.807) is 19.3 Å². The molecule has 4 heteroatoms. The fraction of sp³-hybridized carbons (Fsp3) is 0.455. The van der Waals surface area contributed by atoms with Crippen molar-refractivity contribution in [1.29, 1.82) is 0 Å². The molecule has 0 saturated heterocycles. The van der Waals surface area contributed by atoms with Crippen molar-refractivity contribution in [1.82, 2.24) is 4.98 Å². The Morgan fingerprint density at radius 3 is 2.73 bits per heavy atom. The molecule has 82 valence electrons. The van der Waals surface area contributed by atoms with Crippen LogP contribution < -0.4 is 0 Å². The summed E-state index contributed by atoms with van der Waals surface area (Å²) in [6, 6.07) is 1.82. The lowest BCUT2D eigenvalue weighted by Crippen LogP contribution is -2.32. The number of carboxylic acids is 1. The van der Waals surface area contributed by atoms with E-state index < -0.39 is 11.4 Å². The molecule has 15 heavy (non-hydrogen) atoms. The van der Waals surface area contributed by atoms with Crippen LogP contribution in [-0.4, -0.2) is 16.1 Å². The molecule has 0 aromatic carbocycles. The highest BCUT2D eigenvalue weighted by Crippen LogP contribution is 2.30. The minimum atomic E-state index is -0.842. The molecule has 1 rings (SSSR count). The van der Waals surface area contributed by atoms with E-state index in [4.69, 9.17) is 0 Å². The molecule has 0 saturated carbocycles. The Kier molecular flexibility index (Phi) is 3.85. The summed E-state index contributed by atoms with van der Waals surface area (Å²) < 4.78 is 0.809. The Bertz CT molecular complexity index is 367. The van der Waals surface area contributed by atoms with Crippen LogP contribution in [0.5, 0.6) is 0 Å². The molecule has 1 N–H and O–H groups in total. The van der Waals surface area contributed by atoms with Crippen molar-refractivity contribution in [2.75, 3.05) is 0 Å². The number of nitrogens with zero attached hydrogens (tertiary/aromatic N) is 1. The quantitative estimate of drug-likeness (QED) is 0.916. The van der Waals surface area contributed by atoms with Crippen LogP contribution in [0.25, 0.3) is 0 Å². The van der Waals surface area contributed by atoms with E-state index >= 15 is 0 Å². The average molecular weight is 272 g/mol. The predicted molar refractivity (Wildman–Crippen MR) is 61.8 cm³/mol. The summed E-state index contributed by atoms with van der Waals surface area (Å²) in [6.07, 6.45) is 4.71. The van der Waals surface area contributed by atoms with Gasteiger partial charge in [0.05, 0.1) is 5.41 Å². The number of hydrogen-bond acceptors (Lipinski definition) is 2. The number of hydrogen-bond donors (Lipinski definition) is 1. The monoisotopic (exact) mass is 271 g/mol. The van der Waals surface area contributed by atoms with E-state index in [9.17, 15) is 9.90 Å². The Hall–Kier alpha value is -0.900. The van der Waals surface area contributed by atoms with Crippen LogP contribution in [0.15, 0.2) is 22.9 Å². The van der Waals surface area contributed by atoms with E-state index in [1.807, 2.05) is 13.0 Å². The third-order valence-corrected chi connectivity index (χ3v) is 3.00. The number of carbonyl (C=O) groups is 1. The van der Waals surface area contributed by atoms with Crippen LogP contribution in [0.2, 0.25) is 0 Å². The fourth-order valence-electron chi connectivity index (χ4n) is 1.59. The second-order valence-electron chi connectivity index (χ2n) is 3.78. The smallest absolute Gasteiger partial charge is 0.313 e. The van der Waals surface area contributed by atoms with Gasteiger partial charge in [-0.15, -0.1) is 0 Å². The Morgan fingerprint density at radius 2 is 2.27 bits per heavy atom. The maximum Gasteiger partial charge on any atom is 0.313 e. The topological polar surface area (TPSA) is 50.2 Å². The summed E-state index contributed by atoms with van der Waals surface area (Å²) in [4.78, 5) is 15.3. The van der Waals surface area contributed by atoms with Gasteiger partial charge in [-0.1, -0.05) is 13.3 Å². The zero-order chi connectivity index (χ0) is 11.5. The standard InChI is InChI=1S/C11H14BrNO2/c1-3-4-11(2,10(14)15)8-5-9(12)7-13-6-8/h5-7H,3-4H2,1-2H3,(H,14,15). The first-order valence-corrected chi connectivity index (χ1v) is 5.64. The molecule has 1 aromatic rings. The van der Waals surface area contributed by atoms with Gasteiger partial charge in [0.2, 0.25) is 0 Å². The van der Waals surface area contributed by atoms with Crippen molar-refractivity contribution >= 4 is 21.9 Å². The number of carboxylic acid groups (broad SMARTS) is 1. The molecule has 3 nitrogen and oxygen atoms in total. The van der Waals surface area contributed by atoms with Crippen LogP contribution in [0.1, 0.15) is 32.3 Å². The molecule has 0 aliphatic rings. The van der Waals surface area contributed by atoms with Crippen molar-refractivity contribution in [3.8, 4) is 0 Å². The van der Waals surface area contributed by atoms with Crippen molar-refractivity contribution in [2.45, 2.75) is 32.1 Å². The summed E-state index contributed by atoms with van der Waals surface area (Å²) in [6.45, 7) is 3.72. The summed E-state index contributed by atoms with van der Waals surface area (Å²) in [5, 5.41) is 9.26. The van der Waals surface area contributed by atoms with Gasteiger partial charge in [0, 0.05) is 16.9 Å². The molecular formula is C11H14BrNO2. The zero-order valence-electron chi connectivity index (χ0n) is 8.83. The molecule has 0 radical (unpaired) electrons. The van der Waals surface area contributed by atoms with Crippen LogP contribution in [0.3, 0.4) is 0 Å². The molecule has 0 fully saturated rings. The van der Waals surface area contributed by atoms with Crippen LogP contribution in [0.4, 0.5) is 0 Å². The molecule has 0 aliphatic heterocycles. The predicted octanol–water partition coefficient (Wildman–Crippen LogP) is 2.99. The van der Waals surface area contributed by atoms with Gasteiger partial charge < -0.3 is 5.11 Å². The molecular weight excluding hydrogens is 258 g/mol. The molecule has 0 bridgehead atoms. The second-order valence-corrected chi connectivity index (χ2v) is 4.69. The molecule has 1 atom stereocenters. The zero-order valence-corrected chi connectivity index (χ0v) is 10.4. The molecule has 1 aromatic heterocycles. The van der Waals surface area contributed by atoms with Gasteiger partial charge in [-0.05, 0) is 40.9 Å². The Balaban J connectivity index is 3.15. The van der Waals surface area contributed by atoms with Crippen molar-refractivity contribution in [3.05, 3.63) is 28.5 Å². The van der Waals surface area contributed by atoms with Crippen molar-refractivity contribution in [2.24, 2.45) is 0 Å². The van der Waals surface area contributed by atoms with Crippen molar-refractivity contribution in [3.63, 3.8) is 0 Å². The second kappa shape index (κ2) is 4.75. The number of halogens is 1. The minimum Gasteiger partial charge on any atom is -0.481 e. The van der Waals surface area contributed by atoms with Gasteiger partial charge >= 0.3 is 5.97 Å². The number of aliphatic carboxylic acids is 1. The Morgan fingerprint density at radius 1 is 1.60 bits per heavy atom. The maximum atomic E-state index is 11.3. The number of pyridine rings is 1. The average Bonchev–Trinajstić information content (AvgIpc) is 2.17. The van der Waals surface area contributed by atoms with Gasteiger partial charge in [0.1, 0.15) is 0 Å². The van der Waals surface area contributed by atoms with Gasteiger partial charge in [0.15, 0.2) is 0 Å². The molecule has 0 spiro atoms. The third kappa shape index (κ3) is 2.56. The first kappa shape index (κ1) is 12.2. The largest absolute Gasteiger partial charge is 0.481 e. The normalized spacial score (nSPS) is 14.6. The molecule has 1 heterocycles. The lowest BCUT2D eigenvalue weighted by Gasteiger charge is -2.24. The summed E-state index contributed by atoms with van der Waals surface area (Å²) in [5.74, 6) is -0.802. The maximum absolute atomic E-state index is 11.3.